The summed E-state index contributed by atoms with van der Waals surface area (Å²) in [5.41, 5.74) is 0.406. The lowest BCUT2D eigenvalue weighted by Crippen LogP contribution is -2.53. The highest BCUT2D eigenvalue weighted by molar-refractivity contribution is 14.1. The van der Waals surface area contributed by atoms with Gasteiger partial charge in [-0.25, -0.2) is 4.79 Å². The predicted molar refractivity (Wildman–Crippen MR) is 99.9 cm³/mol. The maximum atomic E-state index is 12.3. The van der Waals surface area contributed by atoms with Crippen LogP contribution >= 0.6 is 22.6 Å². The molecule has 0 saturated carbocycles. The first kappa shape index (κ1) is 18.5. The molecule has 0 bridgehead atoms. The Morgan fingerprint density at radius 3 is 2.61 bits per heavy atom. The zero-order chi connectivity index (χ0) is 16.9. The van der Waals surface area contributed by atoms with Gasteiger partial charge in [0.25, 0.3) is 0 Å². The number of carbonyl (C=O) groups is 1. The number of hydrogen-bond acceptors (Lipinski definition) is 3. The monoisotopic (exact) mass is 431 g/mol. The molecule has 0 radical (unpaired) electrons. The fourth-order valence-electron chi connectivity index (χ4n) is 2.66. The summed E-state index contributed by atoms with van der Waals surface area (Å²) >= 11 is 2.36. The molecule has 5 heteroatoms. The predicted octanol–water partition coefficient (Wildman–Crippen LogP) is 4.41. The molecule has 1 aromatic carbocycles. The van der Waals surface area contributed by atoms with E-state index in [1.165, 1.54) is 0 Å². The second-order valence-electron chi connectivity index (χ2n) is 7.10. The number of carbonyl (C=O) groups excluding carboxylic acids is 1. The zero-order valence-electron chi connectivity index (χ0n) is 14.2. The van der Waals surface area contributed by atoms with Crippen molar-refractivity contribution >= 4 is 28.7 Å². The van der Waals surface area contributed by atoms with Crippen LogP contribution in [-0.2, 0) is 16.1 Å². The van der Waals surface area contributed by atoms with E-state index in [2.05, 4.69) is 34.7 Å². The molecule has 1 atom stereocenters. The van der Waals surface area contributed by atoms with E-state index in [0.29, 0.717) is 13.2 Å². The minimum Gasteiger partial charge on any atom is -0.444 e. The number of hydrogen-bond donors (Lipinski definition) is 0. The Kier molecular flexibility index (Phi) is 6.31. The van der Waals surface area contributed by atoms with Gasteiger partial charge in [-0.15, -0.1) is 0 Å². The average molecular weight is 431 g/mol. The maximum absolute atomic E-state index is 12.3. The molecule has 128 valence electrons. The van der Waals surface area contributed by atoms with Gasteiger partial charge in [0.1, 0.15) is 5.60 Å². The minimum atomic E-state index is -0.466. The molecule has 0 aromatic heterocycles. The summed E-state index contributed by atoms with van der Waals surface area (Å²) in [5.74, 6) is 0. The van der Waals surface area contributed by atoms with Crippen LogP contribution in [0, 0.1) is 0 Å². The summed E-state index contributed by atoms with van der Waals surface area (Å²) in [7, 11) is 0. The van der Waals surface area contributed by atoms with Crippen molar-refractivity contribution in [2.24, 2.45) is 0 Å². The number of likely N-dealkylation sites (tertiary alicyclic amines) is 1. The van der Waals surface area contributed by atoms with E-state index in [9.17, 15) is 4.79 Å². The van der Waals surface area contributed by atoms with E-state index in [0.717, 1.165) is 29.4 Å². The molecule has 1 heterocycles. The minimum absolute atomic E-state index is 0.241. The van der Waals surface area contributed by atoms with Gasteiger partial charge in [-0.1, -0.05) is 52.9 Å². The van der Waals surface area contributed by atoms with Crippen LogP contribution < -0.4 is 0 Å². The first-order valence-electron chi connectivity index (χ1n) is 8.05. The number of halogens is 1. The highest BCUT2D eigenvalue weighted by Crippen LogP contribution is 2.29. The lowest BCUT2D eigenvalue weighted by atomic mass is 9.95. The molecule has 1 aliphatic rings. The summed E-state index contributed by atoms with van der Waals surface area (Å²) in [4.78, 5) is 14.1. The molecule has 1 aliphatic heterocycles. The molecule has 0 aliphatic carbocycles. The summed E-state index contributed by atoms with van der Waals surface area (Å²) in [5, 5.41) is 0. The summed E-state index contributed by atoms with van der Waals surface area (Å²) in [6.45, 7) is 7.59. The molecule has 1 aromatic rings. The van der Waals surface area contributed by atoms with Crippen LogP contribution in [0.25, 0.3) is 0 Å². The van der Waals surface area contributed by atoms with Crippen LogP contribution in [0.1, 0.15) is 39.2 Å². The molecule has 0 spiro atoms. The van der Waals surface area contributed by atoms with Crippen LogP contribution in [0.2, 0.25) is 0 Å². The van der Waals surface area contributed by atoms with E-state index >= 15 is 0 Å². The van der Waals surface area contributed by atoms with E-state index < -0.39 is 5.60 Å². The quantitative estimate of drug-likeness (QED) is 0.524. The van der Waals surface area contributed by atoms with Gasteiger partial charge in [0, 0.05) is 11.0 Å². The van der Waals surface area contributed by atoms with Gasteiger partial charge in [-0.2, -0.15) is 0 Å². The topological polar surface area (TPSA) is 38.8 Å². The molecule has 1 amide bonds. The molecule has 4 nitrogen and oxygen atoms in total. The van der Waals surface area contributed by atoms with Crippen molar-refractivity contribution in [2.75, 3.05) is 17.5 Å². The molecular weight excluding hydrogens is 405 g/mol. The third-order valence-corrected chi connectivity index (χ3v) is 5.21. The Morgan fingerprint density at radius 1 is 1.30 bits per heavy atom. The summed E-state index contributed by atoms with van der Waals surface area (Å²) in [6, 6.07) is 10.2. The largest absolute Gasteiger partial charge is 0.444 e. The van der Waals surface area contributed by atoms with Gasteiger partial charge in [0.05, 0.1) is 18.8 Å². The number of ether oxygens (including phenoxy) is 2. The van der Waals surface area contributed by atoms with Crippen molar-refractivity contribution in [3.63, 3.8) is 0 Å². The Hall–Kier alpha value is -0.820. The first-order chi connectivity index (χ1) is 10.8. The number of nitrogens with zero attached hydrogens (tertiary/aromatic N) is 1. The molecule has 1 fully saturated rings. The number of benzene rings is 1. The van der Waals surface area contributed by atoms with Crippen molar-refractivity contribution in [1.29, 1.82) is 0 Å². The summed E-state index contributed by atoms with van der Waals surface area (Å²) in [6.07, 6.45) is 1.67. The first-order valence-corrected chi connectivity index (χ1v) is 9.58. The fourth-order valence-corrected chi connectivity index (χ4v) is 3.50. The molecule has 1 saturated heterocycles. The SMILES string of the molecule is CC(C)(C)OC(=O)N1CCCC(CI)(OCc2ccccc2)C1. The third kappa shape index (κ3) is 5.64. The van der Waals surface area contributed by atoms with Crippen molar-refractivity contribution in [3.05, 3.63) is 35.9 Å². The van der Waals surface area contributed by atoms with Gasteiger partial charge in [-0.3, -0.25) is 0 Å². The van der Waals surface area contributed by atoms with Gasteiger partial charge in [0.2, 0.25) is 0 Å². The Balaban J connectivity index is 1.99. The Bertz CT molecular complexity index is 515. The van der Waals surface area contributed by atoms with Crippen LogP contribution in [0.3, 0.4) is 0 Å². The van der Waals surface area contributed by atoms with Crippen LogP contribution in [0.4, 0.5) is 4.79 Å². The number of piperidine rings is 1. The molecule has 1 unspecified atom stereocenters. The van der Waals surface area contributed by atoms with Gasteiger partial charge < -0.3 is 14.4 Å². The number of rotatable bonds is 4. The van der Waals surface area contributed by atoms with Crippen molar-refractivity contribution in [2.45, 2.75) is 51.4 Å². The fraction of sp³-hybridized carbons (Fsp3) is 0.611. The average Bonchev–Trinajstić information content (AvgIpc) is 2.53. The van der Waals surface area contributed by atoms with Gasteiger partial charge >= 0.3 is 6.09 Å². The molecular formula is C18H26INO3. The van der Waals surface area contributed by atoms with Crippen LogP contribution in [-0.4, -0.2) is 39.7 Å². The van der Waals surface area contributed by atoms with E-state index in [1.807, 2.05) is 39.0 Å². The van der Waals surface area contributed by atoms with Crippen molar-refractivity contribution in [1.82, 2.24) is 4.90 Å². The second kappa shape index (κ2) is 7.83. The summed E-state index contributed by atoms with van der Waals surface area (Å²) < 4.78 is 12.6. The van der Waals surface area contributed by atoms with E-state index in [4.69, 9.17) is 9.47 Å². The molecule has 2 rings (SSSR count). The highest BCUT2D eigenvalue weighted by Gasteiger charge is 2.38. The smallest absolute Gasteiger partial charge is 0.410 e. The number of amides is 1. The van der Waals surface area contributed by atoms with E-state index in [-0.39, 0.29) is 11.7 Å². The maximum Gasteiger partial charge on any atom is 0.410 e. The van der Waals surface area contributed by atoms with Gasteiger partial charge in [0.15, 0.2) is 0 Å². The standard InChI is InChI=1S/C18H26INO3/c1-17(2,3)23-16(21)20-11-7-10-18(13-19,14-20)22-12-15-8-5-4-6-9-15/h4-6,8-9H,7,10-14H2,1-3H3. The van der Waals surface area contributed by atoms with Crippen LogP contribution in [0.5, 0.6) is 0 Å². The Morgan fingerprint density at radius 2 is 2.00 bits per heavy atom. The van der Waals surface area contributed by atoms with E-state index in [1.54, 1.807) is 4.90 Å². The number of alkyl halides is 1. The highest BCUT2D eigenvalue weighted by atomic mass is 127. The third-order valence-electron chi connectivity index (χ3n) is 3.82. The Labute approximate surface area is 152 Å². The van der Waals surface area contributed by atoms with Crippen molar-refractivity contribution < 1.29 is 14.3 Å². The lowest BCUT2D eigenvalue weighted by molar-refractivity contribution is -0.0830. The van der Waals surface area contributed by atoms with Gasteiger partial charge in [-0.05, 0) is 39.2 Å². The van der Waals surface area contributed by atoms with Crippen LogP contribution in [0.15, 0.2) is 30.3 Å². The van der Waals surface area contributed by atoms with Crippen molar-refractivity contribution in [3.8, 4) is 0 Å². The lowest BCUT2D eigenvalue weighted by Gasteiger charge is -2.42. The molecule has 0 N–H and O–H groups in total. The zero-order valence-corrected chi connectivity index (χ0v) is 16.3. The normalized spacial score (nSPS) is 22.0. The second-order valence-corrected chi connectivity index (χ2v) is 7.86. The molecule has 23 heavy (non-hydrogen) atoms.